The van der Waals surface area contributed by atoms with Gasteiger partial charge in [-0.05, 0) is 12.3 Å². The molecule has 47 valence electrons. The average Bonchev–Trinajstić information content (AvgIpc) is 1.83. The minimum atomic E-state index is 0.515. The highest BCUT2D eigenvalue weighted by Gasteiger charge is 1.92. The molecule has 1 atom stereocenters. The summed E-state index contributed by atoms with van der Waals surface area (Å²) < 4.78 is 9.78. The number of hydrogen-bond donors (Lipinski definition) is 0. The second-order valence-electron chi connectivity index (χ2n) is 1.81. The lowest BCUT2D eigenvalue weighted by Gasteiger charge is -1.98. The maximum absolute atomic E-state index is 9.78. The summed E-state index contributed by atoms with van der Waals surface area (Å²) in [4.78, 5) is 0. The molecule has 0 rings (SSSR count). The molecule has 0 aromatic carbocycles. The van der Waals surface area contributed by atoms with E-state index in [-0.39, 0.29) is 0 Å². The molecule has 0 bridgehead atoms. The first kappa shape index (κ1) is 7.89. The SMILES string of the molecule is CCC(C)[CH]C=S=O. The summed E-state index contributed by atoms with van der Waals surface area (Å²) in [6.45, 7) is 4.19. The van der Waals surface area contributed by atoms with Crippen LogP contribution in [0.15, 0.2) is 0 Å². The van der Waals surface area contributed by atoms with Gasteiger partial charge in [0.05, 0.1) is 11.3 Å². The van der Waals surface area contributed by atoms with Crippen molar-refractivity contribution >= 4 is 16.6 Å². The third-order valence-corrected chi connectivity index (χ3v) is 1.37. The monoisotopic (exact) mass is 131 g/mol. The second kappa shape index (κ2) is 5.04. The Balaban J connectivity index is 3.23. The molecule has 0 aromatic rings. The van der Waals surface area contributed by atoms with Gasteiger partial charge in [0.25, 0.3) is 0 Å². The van der Waals surface area contributed by atoms with E-state index < -0.39 is 0 Å². The van der Waals surface area contributed by atoms with E-state index in [9.17, 15) is 4.21 Å². The Bertz CT molecular complexity index is 94.7. The van der Waals surface area contributed by atoms with Crippen LogP contribution < -0.4 is 0 Å². The van der Waals surface area contributed by atoms with E-state index in [2.05, 4.69) is 13.8 Å². The van der Waals surface area contributed by atoms with Crippen LogP contribution >= 0.6 is 0 Å². The van der Waals surface area contributed by atoms with Crippen LogP contribution in [-0.2, 0) is 11.3 Å². The maximum Gasteiger partial charge on any atom is 0.0844 e. The number of rotatable bonds is 3. The van der Waals surface area contributed by atoms with Crippen LogP contribution in [0, 0.1) is 12.3 Å². The van der Waals surface area contributed by atoms with Crippen molar-refractivity contribution < 1.29 is 4.21 Å². The van der Waals surface area contributed by atoms with E-state index >= 15 is 0 Å². The quantitative estimate of drug-likeness (QED) is 0.527. The standard InChI is InChI=1S/C6H11OS/c1-3-6(2)4-5-8-7/h4-6H,3H2,1-2H3. The molecule has 0 aliphatic heterocycles. The van der Waals surface area contributed by atoms with Crippen LogP contribution in [-0.4, -0.2) is 9.58 Å². The van der Waals surface area contributed by atoms with Gasteiger partial charge < -0.3 is 0 Å². The largest absolute Gasteiger partial charge is 0.213 e. The van der Waals surface area contributed by atoms with Crippen molar-refractivity contribution in [1.82, 2.24) is 0 Å². The molecule has 1 nitrogen and oxygen atoms in total. The van der Waals surface area contributed by atoms with Gasteiger partial charge in [-0.25, -0.2) is 4.21 Å². The van der Waals surface area contributed by atoms with Crippen molar-refractivity contribution in [2.75, 3.05) is 0 Å². The highest BCUT2D eigenvalue weighted by atomic mass is 32.1. The Morgan fingerprint density at radius 1 is 1.75 bits per heavy atom. The van der Waals surface area contributed by atoms with E-state index in [0.29, 0.717) is 17.2 Å². The van der Waals surface area contributed by atoms with E-state index in [1.54, 1.807) is 5.37 Å². The highest BCUT2D eigenvalue weighted by Crippen LogP contribution is 2.00. The number of hydrogen-bond acceptors (Lipinski definition) is 1. The first-order chi connectivity index (χ1) is 3.81. The summed E-state index contributed by atoms with van der Waals surface area (Å²) in [7, 11) is 0. The Labute approximate surface area is 54.2 Å². The van der Waals surface area contributed by atoms with Gasteiger partial charge in [-0.15, -0.1) is 0 Å². The summed E-state index contributed by atoms with van der Waals surface area (Å²) >= 11 is 0.515. The zero-order chi connectivity index (χ0) is 6.41. The van der Waals surface area contributed by atoms with Crippen LogP contribution in [0.1, 0.15) is 20.3 Å². The Morgan fingerprint density at radius 3 is 2.75 bits per heavy atom. The maximum atomic E-state index is 9.78. The van der Waals surface area contributed by atoms with E-state index in [1.165, 1.54) is 0 Å². The first-order valence-corrected chi connectivity index (χ1v) is 3.57. The van der Waals surface area contributed by atoms with Crippen molar-refractivity contribution in [3.8, 4) is 0 Å². The zero-order valence-electron chi connectivity index (χ0n) is 5.26. The lowest BCUT2D eigenvalue weighted by Crippen LogP contribution is -1.92. The van der Waals surface area contributed by atoms with Crippen LogP contribution in [0.2, 0.25) is 0 Å². The van der Waals surface area contributed by atoms with Crippen molar-refractivity contribution in [1.29, 1.82) is 0 Å². The second-order valence-corrected chi connectivity index (χ2v) is 2.27. The summed E-state index contributed by atoms with van der Waals surface area (Å²) in [5.41, 5.74) is 0. The van der Waals surface area contributed by atoms with Crippen molar-refractivity contribution in [2.24, 2.45) is 5.92 Å². The molecule has 0 aliphatic rings. The molecular formula is C6H11OS. The first-order valence-electron chi connectivity index (χ1n) is 2.76. The summed E-state index contributed by atoms with van der Waals surface area (Å²) in [6.07, 6.45) is 3.04. The molecule has 0 saturated carbocycles. The predicted molar refractivity (Wildman–Crippen MR) is 38.0 cm³/mol. The Morgan fingerprint density at radius 2 is 2.38 bits per heavy atom. The molecule has 0 aromatic heterocycles. The highest BCUT2D eigenvalue weighted by molar-refractivity contribution is 7.65. The Hall–Kier alpha value is -0.110. The van der Waals surface area contributed by atoms with E-state index in [1.807, 2.05) is 6.42 Å². The fraction of sp³-hybridized carbons (Fsp3) is 0.667. The van der Waals surface area contributed by atoms with Gasteiger partial charge in [0.2, 0.25) is 0 Å². The third kappa shape index (κ3) is 4.06. The van der Waals surface area contributed by atoms with Crippen molar-refractivity contribution in [2.45, 2.75) is 20.3 Å². The molecule has 0 fully saturated rings. The van der Waals surface area contributed by atoms with Crippen LogP contribution in [0.5, 0.6) is 0 Å². The molecule has 1 radical (unpaired) electrons. The van der Waals surface area contributed by atoms with E-state index in [0.717, 1.165) is 6.42 Å². The molecular weight excluding hydrogens is 120 g/mol. The average molecular weight is 131 g/mol. The lowest BCUT2D eigenvalue weighted by atomic mass is 10.1. The van der Waals surface area contributed by atoms with Gasteiger partial charge >= 0.3 is 0 Å². The normalized spacial score (nSPS) is 12.8. The fourth-order valence-electron chi connectivity index (χ4n) is 0.302. The smallest absolute Gasteiger partial charge is 0.0844 e. The molecule has 0 heterocycles. The minimum absolute atomic E-state index is 0.515. The topological polar surface area (TPSA) is 17.1 Å². The zero-order valence-corrected chi connectivity index (χ0v) is 6.07. The van der Waals surface area contributed by atoms with Gasteiger partial charge in [0.15, 0.2) is 0 Å². The van der Waals surface area contributed by atoms with E-state index in [4.69, 9.17) is 0 Å². The van der Waals surface area contributed by atoms with Crippen LogP contribution in [0.25, 0.3) is 0 Å². The van der Waals surface area contributed by atoms with Gasteiger partial charge in [-0.2, -0.15) is 0 Å². The molecule has 1 unspecified atom stereocenters. The van der Waals surface area contributed by atoms with Crippen molar-refractivity contribution in [3.63, 3.8) is 0 Å². The van der Waals surface area contributed by atoms with Gasteiger partial charge in [-0.1, -0.05) is 20.3 Å². The molecule has 0 saturated heterocycles. The van der Waals surface area contributed by atoms with Crippen molar-refractivity contribution in [3.05, 3.63) is 6.42 Å². The minimum Gasteiger partial charge on any atom is -0.213 e. The predicted octanol–water partition coefficient (Wildman–Crippen LogP) is 1.25. The third-order valence-electron chi connectivity index (χ3n) is 1.11. The molecule has 2 heteroatoms. The summed E-state index contributed by atoms with van der Waals surface area (Å²) in [6, 6.07) is 0. The molecule has 0 aliphatic carbocycles. The fourth-order valence-corrected chi connectivity index (χ4v) is 0.635. The van der Waals surface area contributed by atoms with Crippen LogP contribution in [0.4, 0.5) is 0 Å². The lowest BCUT2D eigenvalue weighted by molar-refractivity contribution is 0.676. The molecule has 8 heavy (non-hydrogen) atoms. The van der Waals surface area contributed by atoms with Gasteiger partial charge in [0.1, 0.15) is 0 Å². The Kier molecular flexibility index (Phi) is 4.97. The summed E-state index contributed by atoms with van der Waals surface area (Å²) in [5.74, 6) is 0.552. The van der Waals surface area contributed by atoms with Gasteiger partial charge in [0, 0.05) is 5.37 Å². The molecule has 0 amide bonds. The van der Waals surface area contributed by atoms with Gasteiger partial charge in [-0.3, -0.25) is 0 Å². The molecule has 0 spiro atoms. The van der Waals surface area contributed by atoms with Crippen LogP contribution in [0.3, 0.4) is 0 Å². The molecule has 0 N–H and O–H groups in total. The summed E-state index contributed by atoms with van der Waals surface area (Å²) in [5, 5.41) is 1.59.